The van der Waals surface area contributed by atoms with E-state index in [-0.39, 0.29) is 17.9 Å². The zero-order valence-corrected chi connectivity index (χ0v) is 14.8. The minimum atomic E-state index is -0.247. The average Bonchev–Trinajstić information content (AvgIpc) is 3.16. The summed E-state index contributed by atoms with van der Waals surface area (Å²) < 4.78 is 2.06. The van der Waals surface area contributed by atoms with Crippen LogP contribution in [0.25, 0.3) is 5.65 Å². The van der Waals surface area contributed by atoms with Crippen LogP contribution in [0.15, 0.2) is 24.5 Å². The summed E-state index contributed by atoms with van der Waals surface area (Å²) in [7, 11) is 0. The fraction of sp³-hybridized carbons (Fsp3) is 0.579. The number of aromatic nitrogens is 2. The molecule has 2 aromatic rings. The lowest BCUT2D eigenvalue weighted by molar-refractivity contribution is -0.146. The van der Waals surface area contributed by atoms with Crippen LogP contribution in [0.2, 0.25) is 0 Å². The lowest BCUT2D eigenvalue weighted by Crippen LogP contribution is -2.50. The number of likely N-dealkylation sites (tertiary alicyclic amines) is 2. The first kappa shape index (κ1) is 16.5. The smallest absolute Gasteiger partial charge is 0.230 e. The summed E-state index contributed by atoms with van der Waals surface area (Å²) in [6.45, 7) is 5.90. The number of imidazole rings is 1. The van der Waals surface area contributed by atoms with Crippen molar-refractivity contribution in [2.45, 2.75) is 32.7 Å². The molecular formula is C19H26N4O2. The van der Waals surface area contributed by atoms with E-state index in [2.05, 4.69) is 34.6 Å². The van der Waals surface area contributed by atoms with Crippen LogP contribution >= 0.6 is 0 Å². The topological polar surface area (TPSA) is 61.1 Å². The maximum atomic E-state index is 12.9. The molecule has 0 radical (unpaired) electrons. The van der Waals surface area contributed by atoms with Crippen LogP contribution in [0.4, 0.5) is 0 Å². The second kappa shape index (κ2) is 6.42. The van der Waals surface area contributed by atoms with Gasteiger partial charge in [0.1, 0.15) is 5.65 Å². The highest BCUT2D eigenvalue weighted by atomic mass is 16.3. The zero-order chi connectivity index (χ0) is 17.4. The molecule has 134 valence electrons. The molecule has 6 nitrogen and oxygen atoms in total. The number of piperidine rings is 1. The lowest BCUT2D eigenvalue weighted by atomic mass is 9.78. The Hall–Kier alpha value is -1.92. The second-order valence-corrected chi connectivity index (χ2v) is 7.56. The normalized spacial score (nSPS) is 24.7. The minimum absolute atomic E-state index is 0.0478. The molecule has 25 heavy (non-hydrogen) atoms. The van der Waals surface area contributed by atoms with Crippen molar-refractivity contribution in [1.29, 1.82) is 0 Å². The third-order valence-corrected chi connectivity index (χ3v) is 5.68. The third kappa shape index (κ3) is 3.04. The number of carbonyl (C=O) groups is 1. The van der Waals surface area contributed by atoms with Gasteiger partial charge >= 0.3 is 0 Å². The van der Waals surface area contributed by atoms with Crippen LogP contribution in [0.3, 0.4) is 0 Å². The van der Waals surface area contributed by atoms with E-state index in [4.69, 9.17) is 4.98 Å². The first-order chi connectivity index (χ1) is 12.1. The number of amides is 1. The fourth-order valence-electron chi connectivity index (χ4n) is 4.40. The first-order valence-electron chi connectivity index (χ1n) is 9.16. The van der Waals surface area contributed by atoms with Gasteiger partial charge in [0.05, 0.1) is 17.7 Å². The lowest BCUT2D eigenvalue weighted by Gasteiger charge is -2.39. The van der Waals surface area contributed by atoms with Crippen LogP contribution in [0.5, 0.6) is 0 Å². The van der Waals surface area contributed by atoms with Gasteiger partial charge in [-0.05, 0) is 50.4 Å². The summed E-state index contributed by atoms with van der Waals surface area (Å²) in [6.07, 6.45) is 7.05. The van der Waals surface area contributed by atoms with E-state index in [0.29, 0.717) is 6.54 Å². The van der Waals surface area contributed by atoms with Gasteiger partial charge in [0.25, 0.3) is 0 Å². The number of rotatable bonds is 4. The quantitative estimate of drug-likeness (QED) is 0.914. The number of hydrogen-bond donors (Lipinski definition) is 1. The van der Waals surface area contributed by atoms with Gasteiger partial charge < -0.3 is 14.4 Å². The van der Waals surface area contributed by atoms with Crippen LogP contribution in [-0.4, -0.2) is 63.0 Å². The maximum absolute atomic E-state index is 12.9. The Bertz CT molecular complexity index is 785. The Morgan fingerprint density at radius 1 is 1.32 bits per heavy atom. The molecule has 6 heteroatoms. The number of aliphatic hydroxyl groups excluding tert-OH is 1. The van der Waals surface area contributed by atoms with Gasteiger partial charge in [-0.2, -0.15) is 0 Å². The summed E-state index contributed by atoms with van der Waals surface area (Å²) >= 11 is 0. The Morgan fingerprint density at radius 2 is 2.20 bits per heavy atom. The van der Waals surface area contributed by atoms with Crippen LogP contribution < -0.4 is 0 Å². The van der Waals surface area contributed by atoms with Crippen molar-refractivity contribution in [1.82, 2.24) is 19.2 Å². The van der Waals surface area contributed by atoms with Crippen molar-refractivity contribution in [2.75, 3.05) is 32.8 Å². The highest BCUT2D eigenvalue weighted by molar-refractivity contribution is 5.84. The summed E-state index contributed by atoms with van der Waals surface area (Å²) in [6, 6.07) is 4.17. The molecule has 0 aromatic carbocycles. The number of carbonyl (C=O) groups excluding carboxylic acids is 1. The predicted molar refractivity (Wildman–Crippen MR) is 95.2 cm³/mol. The van der Waals surface area contributed by atoms with Gasteiger partial charge in [-0.1, -0.05) is 0 Å². The highest BCUT2D eigenvalue weighted by Gasteiger charge is 2.48. The summed E-state index contributed by atoms with van der Waals surface area (Å²) in [5.41, 5.74) is 3.00. The van der Waals surface area contributed by atoms with Crippen molar-refractivity contribution in [3.05, 3.63) is 35.8 Å². The number of fused-ring (bicyclic) bond motifs is 1. The van der Waals surface area contributed by atoms with Crippen molar-refractivity contribution in [3.8, 4) is 0 Å². The van der Waals surface area contributed by atoms with Gasteiger partial charge in [-0.25, -0.2) is 4.98 Å². The molecule has 2 aliphatic rings. The van der Waals surface area contributed by atoms with Gasteiger partial charge in [-0.3, -0.25) is 9.69 Å². The Labute approximate surface area is 148 Å². The Kier molecular flexibility index (Phi) is 4.25. The molecule has 1 N–H and O–H groups in total. The van der Waals surface area contributed by atoms with Crippen LogP contribution in [0.1, 0.15) is 30.5 Å². The van der Waals surface area contributed by atoms with Crippen molar-refractivity contribution < 1.29 is 9.90 Å². The van der Waals surface area contributed by atoms with Crippen LogP contribution in [0, 0.1) is 12.3 Å². The van der Waals surface area contributed by atoms with E-state index in [1.165, 1.54) is 5.56 Å². The monoisotopic (exact) mass is 342 g/mol. The van der Waals surface area contributed by atoms with Gasteiger partial charge in [0.2, 0.25) is 5.91 Å². The molecule has 0 bridgehead atoms. The molecule has 0 saturated carbocycles. The second-order valence-electron chi connectivity index (χ2n) is 7.56. The molecule has 0 aliphatic carbocycles. The summed E-state index contributed by atoms with van der Waals surface area (Å²) in [5, 5.41) is 9.19. The van der Waals surface area contributed by atoms with Crippen molar-refractivity contribution in [3.63, 3.8) is 0 Å². The molecule has 2 fully saturated rings. The molecule has 1 spiro atoms. The fourth-order valence-corrected chi connectivity index (χ4v) is 4.40. The number of pyridine rings is 1. The average molecular weight is 342 g/mol. The number of aliphatic hydroxyl groups is 1. The molecule has 2 aliphatic heterocycles. The maximum Gasteiger partial charge on any atom is 0.230 e. The number of β-amino-alcohol motifs (C(OH)–C–C–N with tert-alkyl or cyclic N) is 1. The van der Waals surface area contributed by atoms with Crippen molar-refractivity contribution in [2.24, 2.45) is 5.41 Å². The number of nitrogens with zero attached hydrogens (tertiary/aromatic N) is 4. The van der Waals surface area contributed by atoms with Gasteiger partial charge in [0.15, 0.2) is 0 Å². The zero-order valence-electron chi connectivity index (χ0n) is 14.8. The molecule has 1 unspecified atom stereocenters. The third-order valence-electron chi connectivity index (χ3n) is 5.68. The predicted octanol–water partition coefficient (Wildman–Crippen LogP) is 1.45. The Morgan fingerprint density at radius 3 is 3.04 bits per heavy atom. The summed E-state index contributed by atoms with van der Waals surface area (Å²) in [5.74, 6) is 0.237. The molecular weight excluding hydrogens is 316 g/mol. The van der Waals surface area contributed by atoms with Crippen molar-refractivity contribution >= 4 is 11.6 Å². The molecule has 4 heterocycles. The van der Waals surface area contributed by atoms with E-state index < -0.39 is 0 Å². The molecule has 1 amide bonds. The molecule has 2 saturated heterocycles. The van der Waals surface area contributed by atoms with Gasteiger partial charge in [-0.15, -0.1) is 0 Å². The largest absolute Gasteiger partial charge is 0.395 e. The Balaban J connectivity index is 1.47. The SMILES string of the molecule is Cc1ccn2cc(CN3CCC4(CCCN(CCO)C4=O)C3)nc2c1. The van der Waals surface area contributed by atoms with Gasteiger partial charge in [0, 0.05) is 38.6 Å². The van der Waals surface area contributed by atoms with E-state index >= 15 is 0 Å². The van der Waals surface area contributed by atoms with E-state index in [1.807, 2.05) is 11.1 Å². The van der Waals surface area contributed by atoms with Crippen LogP contribution in [-0.2, 0) is 11.3 Å². The molecule has 2 aromatic heterocycles. The number of aryl methyl sites for hydroxylation is 1. The molecule has 1 atom stereocenters. The summed E-state index contributed by atoms with van der Waals surface area (Å²) in [4.78, 5) is 21.8. The number of hydrogen-bond acceptors (Lipinski definition) is 4. The first-order valence-corrected chi connectivity index (χ1v) is 9.16. The highest BCUT2D eigenvalue weighted by Crippen LogP contribution is 2.40. The van der Waals surface area contributed by atoms with E-state index in [1.54, 1.807) is 0 Å². The van der Waals surface area contributed by atoms with E-state index in [9.17, 15) is 9.90 Å². The van der Waals surface area contributed by atoms with E-state index in [0.717, 1.165) is 56.8 Å². The minimum Gasteiger partial charge on any atom is -0.395 e. The standard InChI is InChI=1S/C19H26N4O2/c1-15-3-7-23-13-16(20-17(23)11-15)12-21-8-5-19(14-21)4-2-6-22(9-10-24)18(19)25/h3,7,11,13,24H,2,4-6,8-10,12,14H2,1H3. The molecule has 4 rings (SSSR count).